The molecule has 0 spiro atoms. The van der Waals surface area contributed by atoms with E-state index in [1.165, 1.54) is 0 Å². The summed E-state index contributed by atoms with van der Waals surface area (Å²) in [6, 6.07) is 7.66. The summed E-state index contributed by atoms with van der Waals surface area (Å²) in [6.45, 7) is 5.60. The summed E-state index contributed by atoms with van der Waals surface area (Å²) in [4.78, 5) is 2.05. The Bertz CT molecular complexity index is 449. The molecule has 0 bridgehead atoms. The van der Waals surface area contributed by atoms with Crippen molar-refractivity contribution in [2.24, 2.45) is 11.1 Å². The van der Waals surface area contributed by atoms with Crippen LogP contribution in [0.2, 0.25) is 0 Å². The lowest BCUT2D eigenvalue weighted by Gasteiger charge is -2.31. The van der Waals surface area contributed by atoms with Crippen molar-refractivity contribution in [3.63, 3.8) is 0 Å². The molecule has 0 saturated heterocycles. The van der Waals surface area contributed by atoms with Gasteiger partial charge in [-0.15, -0.1) is 0 Å². The first-order valence-corrected chi connectivity index (χ1v) is 5.93. The second-order valence-corrected chi connectivity index (χ2v) is 5.22. The first-order chi connectivity index (χ1) is 8.43. The van der Waals surface area contributed by atoms with Gasteiger partial charge in [-0.1, -0.05) is 13.8 Å². The zero-order valence-corrected chi connectivity index (χ0v) is 11.5. The number of benzene rings is 1. The van der Waals surface area contributed by atoms with E-state index in [-0.39, 0.29) is 5.41 Å². The number of nitriles is 1. The smallest absolute Gasteiger partial charge is 0.121 e. The predicted molar refractivity (Wildman–Crippen MR) is 73.8 cm³/mol. The quantitative estimate of drug-likeness (QED) is 0.864. The van der Waals surface area contributed by atoms with Gasteiger partial charge in [0.25, 0.3) is 0 Å². The summed E-state index contributed by atoms with van der Waals surface area (Å²) < 4.78 is 5.20. The van der Waals surface area contributed by atoms with Gasteiger partial charge in [-0.2, -0.15) is 5.26 Å². The fourth-order valence-electron chi connectivity index (χ4n) is 1.84. The van der Waals surface area contributed by atoms with Crippen LogP contribution in [-0.4, -0.2) is 27.2 Å². The summed E-state index contributed by atoms with van der Waals surface area (Å²) in [5.74, 6) is 0.751. The molecule has 1 rings (SSSR count). The lowest BCUT2D eigenvalue weighted by atomic mass is 9.93. The number of hydrogen-bond acceptors (Lipinski definition) is 4. The molecule has 0 radical (unpaired) electrons. The van der Waals surface area contributed by atoms with Crippen molar-refractivity contribution in [3.05, 3.63) is 23.8 Å². The van der Waals surface area contributed by atoms with Gasteiger partial charge < -0.3 is 15.4 Å². The minimum atomic E-state index is 0.00452. The van der Waals surface area contributed by atoms with E-state index in [0.717, 1.165) is 18.0 Å². The Hall–Kier alpha value is -1.73. The Balaban J connectivity index is 3.04. The zero-order chi connectivity index (χ0) is 13.8. The molecule has 1 aromatic carbocycles. The fourth-order valence-corrected chi connectivity index (χ4v) is 1.84. The summed E-state index contributed by atoms with van der Waals surface area (Å²) in [6.07, 6.45) is 0. The molecule has 4 nitrogen and oxygen atoms in total. The van der Waals surface area contributed by atoms with Crippen LogP contribution in [0.25, 0.3) is 0 Å². The average Bonchev–Trinajstić information content (AvgIpc) is 2.37. The number of nitrogens with two attached hydrogens (primary N) is 1. The van der Waals surface area contributed by atoms with Crippen molar-refractivity contribution in [3.8, 4) is 11.8 Å². The number of rotatable bonds is 5. The van der Waals surface area contributed by atoms with Crippen LogP contribution in [0, 0.1) is 16.7 Å². The van der Waals surface area contributed by atoms with Crippen LogP contribution in [0.4, 0.5) is 5.69 Å². The third-order valence-electron chi connectivity index (χ3n) is 2.95. The molecular formula is C14H21N3O. The molecule has 1 aromatic rings. The number of ether oxygens (including phenoxy) is 1. The van der Waals surface area contributed by atoms with Crippen LogP contribution in [0.1, 0.15) is 19.4 Å². The lowest BCUT2D eigenvalue weighted by molar-refractivity contribution is 0.384. The van der Waals surface area contributed by atoms with Gasteiger partial charge in [-0.3, -0.25) is 0 Å². The average molecular weight is 247 g/mol. The molecule has 0 amide bonds. The molecule has 0 unspecified atom stereocenters. The van der Waals surface area contributed by atoms with Gasteiger partial charge in [0.05, 0.1) is 18.4 Å². The lowest BCUT2D eigenvalue weighted by Crippen LogP contribution is -2.37. The standard InChI is InChI=1S/C14H21N3O/c1-14(2,9-16)10-17(3)13-7-12(18-4)6-5-11(13)8-15/h5-7H,9-10,16H2,1-4H3. The maximum Gasteiger partial charge on any atom is 0.121 e. The Labute approximate surface area is 109 Å². The predicted octanol–water partition coefficient (Wildman–Crippen LogP) is 1.99. The highest BCUT2D eigenvalue weighted by Crippen LogP contribution is 2.27. The Morgan fingerprint density at radius 3 is 2.61 bits per heavy atom. The van der Waals surface area contributed by atoms with Gasteiger partial charge in [-0.25, -0.2) is 0 Å². The Morgan fingerprint density at radius 2 is 2.11 bits per heavy atom. The highest BCUT2D eigenvalue weighted by atomic mass is 16.5. The highest BCUT2D eigenvalue weighted by molar-refractivity contribution is 5.61. The molecule has 2 N–H and O–H groups in total. The summed E-state index contributed by atoms with van der Waals surface area (Å²) >= 11 is 0. The van der Waals surface area contributed by atoms with Crippen molar-refractivity contribution in [2.45, 2.75) is 13.8 Å². The maximum absolute atomic E-state index is 9.14. The van der Waals surface area contributed by atoms with Crippen molar-refractivity contribution in [2.75, 3.05) is 32.1 Å². The fraction of sp³-hybridized carbons (Fsp3) is 0.500. The molecule has 0 saturated carbocycles. The molecular weight excluding hydrogens is 226 g/mol. The SMILES string of the molecule is COc1ccc(C#N)c(N(C)CC(C)(C)CN)c1. The normalized spacial score (nSPS) is 10.9. The van der Waals surface area contributed by atoms with Crippen molar-refractivity contribution in [1.29, 1.82) is 5.26 Å². The molecule has 4 heteroatoms. The van der Waals surface area contributed by atoms with Crippen LogP contribution >= 0.6 is 0 Å². The van der Waals surface area contributed by atoms with Crippen molar-refractivity contribution in [1.82, 2.24) is 0 Å². The molecule has 0 atom stereocenters. The largest absolute Gasteiger partial charge is 0.497 e. The highest BCUT2D eigenvalue weighted by Gasteiger charge is 2.20. The molecule has 0 aliphatic carbocycles. The number of hydrogen-bond donors (Lipinski definition) is 1. The first kappa shape index (κ1) is 14.3. The molecule has 0 fully saturated rings. The minimum Gasteiger partial charge on any atom is -0.497 e. The van der Waals surface area contributed by atoms with Gasteiger partial charge in [0.2, 0.25) is 0 Å². The van der Waals surface area contributed by atoms with Gasteiger partial charge in [0.15, 0.2) is 0 Å². The second-order valence-electron chi connectivity index (χ2n) is 5.22. The van der Waals surface area contributed by atoms with E-state index in [1.807, 2.05) is 18.0 Å². The number of methoxy groups -OCH3 is 1. The van der Waals surface area contributed by atoms with E-state index >= 15 is 0 Å². The summed E-state index contributed by atoms with van der Waals surface area (Å²) in [5, 5.41) is 9.14. The molecule has 18 heavy (non-hydrogen) atoms. The van der Waals surface area contributed by atoms with E-state index in [4.69, 9.17) is 15.7 Å². The maximum atomic E-state index is 9.14. The Morgan fingerprint density at radius 1 is 1.44 bits per heavy atom. The van der Waals surface area contributed by atoms with Crippen LogP contribution < -0.4 is 15.4 Å². The molecule has 98 valence electrons. The van der Waals surface area contributed by atoms with Gasteiger partial charge in [0.1, 0.15) is 11.8 Å². The van der Waals surface area contributed by atoms with Gasteiger partial charge in [0, 0.05) is 19.7 Å². The molecule has 0 aliphatic heterocycles. The van der Waals surface area contributed by atoms with Crippen LogP contribution in [0.5, 0.6) is 5.75 Å². The van der Waals surface area contributed by atoms with Gasteiger partial charge >= 0.3 is 0 Å². The van der Waals surface area contributed by atoms with E-state index < -0.39 is 0 Å². The molecule has 0 aromatic heterocycles. The topological polar surface area (TPSA) is 62.3 Å². The zero-order valence-electron chi connectivity index (χ0n) is 11.5. The van der Waals surface area contributed by atoms with Crippen LogP contribution in [0.3, 0.4) is 0 Å². The van der Waals surface area contributed by atoms with E-state index in [2.05, 4.69) is 19.9 Å². The molecule has 0 heterocycles. The second kappa shape index (κ2) is 5.74. The van der Waals surface area contributed by atoms with Crippen molar-refractivity contribution < 1.29 is 4.74 Å². The van der Waals surface area contributed by atoms with E-state index in [1.54, 1.807) is 19.2 Å². The monoisotopic (exact) mass is 247 g/mol. The Kier molecular flexibility index (Phi) is 4.57. The minimum absolute atomic E-state index is 0.00452. The van der Waals surface area contributed by atoms with Gasteiger partial charge in [-0.05, 0) is 24.1 Å². The molecule has 0 aliphatic rings. The number of nitrogens with zero attached hydrogens (tertiary/aromatic N) is 2. The number of anilines is 1. The summed E-state index contributed by atoms with van der Waals surface area (Å²) in [7, 11) is 3.59. The van der Waals surface area contributed by atoms with Crippen LogP contribution in [-0.2, 0) is 0 Å². The third-order valence-corrected chi connectivity index (χ3v) is 2.95. The van der Waals surface area contributed by atoms with E-state index in [0.29, 0.717) is 12.1 Å². The first-order valence-electron chi connectivity index (χ1n) is 5.93. The van der Waals surface area contributed by atoms with Crippen LogP contribution in [0.15, 0.2) is 18.2 Å². The van der Waals surface area contributed by atoms with E-state index in [9.17, 15) is 0 Å². The van der Waals surface area contributed by atoms with Crippen molar-refractivity contribution >= 4 is 5.69 Å². The third kappa shape index (κ3) is 3.38. The summed E-state index contributed by atoms with van der Waals surface area (Å²) in [5.41, 5.74) is 7.27.